The van der Waals surface area contributed by atoms with Gasteiger partial charge in [0.25, 0.3) is 0 Å². The molecule has 0 saturated heterocycles. The Kier molecular flexibility index (Phi) is 4.30. The number of aryl methyl sites for hydroxylation is 1. The van der Waals surface area contributed by atoms with Gasteiger partial charge in [-0.15, -0.1) is 0 Å². The Bertz CT molecular complexity index is 612. The standard InChI is InChI=1S/C14H14F3N3O/c1-3-18-11-8-12(20-13(19-11)14(15,16)17)21-10-6-4-9(2)5-7-10/h4-8H,3H2,1-2H3,(H,18,19,20). The second-order valence-corrected chi connectivity index (χ2v) is 4.36. The van der Waals surface area contributed by atoms with E-state index in [2.05, 4.69) is 15.3 Å². The zero-order valence-electron chi connectivity index (χ0n) is 11.5. The summed E-state index contributed by atoms with van der Waals surface area (Å²) in [7, 11) is 0. The number of ether oxygens (including phenoxy) is 1. The van der Waals surface area contributed by atoms with Crippen molar-refractivity contribution < 1.29 is 17.9 Å². The molecule has 112 valence electrons. The van der Waals surface area contributed by atoms with Crippen LogP contribution in [0.5, 0.6) is 11.6 Å². The molecule has 1 heterocycles. The Balaban J connectivity index is 2.33. The molecule has 4 nitrogen and oxygen atoms in total. The zero-order valence-corrected chi connectivity index (χ0v) is 11.5. The molecule has 1 aromatic heterocycles. The number of nitrogens with one attached hydrogen (secondary N) is 1. The molecule has 2 rings (SSSR count). The van der Waals surface area contributed by atoms with E-state index in [1.807, 2.05) is 6.92 Å². The van der Waals surface area contributed by atoms with Crippen LogP contribution in [0.2, 0.25) is 0 Å². The Morgan fingerprint density at radius 2 is 1.81 bits per heavy atom. The number of halogens is 3. The van der Waals surface area contributed by atoms with E-state index < -0.39 is 12.0 Å². The van der Waals surface area contributed by atoms with Gasteiger partial charge in [-0.1, -0.05) is 17.7 Å². The van der Waals surface area contributed by atoms with Crippen molar-refractivity contribution >= 4 is 5.82 Å². The molecule has 1 N–H and O–H groups in total. The van der Waals surface area contributed by atoms with Crippen LogP contribution < -0.4 is 10.1 Å². The van der Waals surface area contributed by atoms with Crippen LogP contribution >= 0.6 is 0 Å². The van der Waals surface area contributed by atoms with Gasteiger partial charge in [0.05, 0.1) is 0 Å². The third kappa shape index (κ3) is 4.08. The number of benzene rings is 1. The minimum atomic E-state index is -4.63. The van der Waals surface area contributed by atoms with E-state index in [0.29, 0.717) is 12.3 Å². The first-order chi connectivity index (χ1) is 9.88. The van der Waals surface area contributed by atoms with Crippen LogP contribution in [-0.4, -0.2) is 16.5 Å². The summed E-state index contributed by atoms with van der Waals surface area (Å²) in [5.74, 6) is -0.906. The summed E-state index contributed by atoms with van der Waals surface area (Å²) >= 11 is 0. The van der Waals surface area contributed by atoms with Gasteiger partial charge in [-0.3, -0.25) is 0 Å². The monoisotopic (exact) mass is 297 g/mol. The van der Waals surface area contributed by atoms with E-state index in [1.54, 1.807) is 31.2 Å². The summed E-state index contributed by atoms with van der Waals surface area (Å²) in [6.45, 7) is 4.10. The van der Waals surface area contributed by atoms with Crippen LogP contribution in [-0.2, 0) is 6.18 Å². The fraction of sp³-hybridized carbons (Fsp3) is 0.286. The fourth-order valence-corrected chi connectivity index (χ4v) is 1.60. The highest BCUT2D eigenvalue weighted by molar-refractivity contribution is 5.40. The van der Waals surface area contributed by atoms with Crippen molar-refractivity contribution in [2.45, 2.75) is 20.0 Å². The molecule has 0 radical (unpaired) electrons. The number of hydrogen-bond donors (Lipinski definition) is 1. The molecule has 0 amide bonds. The highest BCUT2D eigenvalue weighted by Gasteiger charge is 2.35. The summed E-state index contributed by atoms with van der Waals surface area (Å²) in [4.78, 5) is 6.83. The predicted octanol–water partition coefficient (Wildman–Crippen LogP) is 4.03. The third-order valence-corrected chi connectivity index (χ3v) is 2.56. The van der Waals surface area contributed by atoms with E-state index >= 15 is 0 Å². The average Bonchev–Trinajstić information content (AvgIpc) is 2.41. The largest absolute Gasteiger partial charge is 0.451 e. The van der Waals surface area contributed by atoms with Gasteiger partial charge >= 0.3 is 6.18 Å². The summed E-state index contributed by atoms with van der Waals surface area (Å²) in [5.41, 5.74) is 1.02. The maximum Gasteiger partial charge on any atom is 0.451 e. The molecule has 0 saturated carbocycles. The number of anilines is 1. The van der Waals surface area contributed by atoms with E-state index in [4.69, 9.17) is 4.74 Å². The minimum Gasteiger partial charge on any atom is -0.439 e. The van der Waals surface area contributed by atoms with Gasteiger partial charge in [0, 0.05) is 12.6 Å². The van der Waals surface area contributed by atoms with Crippen LogP contribution in [0.15, 0.2) is 30.3 Å². The molecular weight excluding hydrogens is 283 g/mol. The maximum atomic E-state index is 12.8. The smallest absolute Gasteiger partial charge is 0.439 e. The van der Waals surface area contributed by atoms with Gasteiger partial charge < -0.3 is 10.1 Å². The molecule has 0 aliphatic rings. The zero-order chi connectivity index (χ0) is 15.5. The summed E-state index contributed by atoms with van der Waals surface area (Å²) < 4.78 is 43.7. The minimum absolute atomic E-state index is 0.0712. The second kappa shape index (κ2) is 5.99. The van der Waals surface area contributed by atoms with Gasteiger partial charge in [0.2, 0.25) is 11.7 Å². The van der Waals surface area contributed by atoms with Crippen LogP contribution in [0.25, 0.3) is 0 Å². The summed E-state index contributed by atoms with van der Waals surface area (Å²) in [5, 5.41) is 2.72. The average molecular weight is 297 g/mol. The van der Waals surface area contributed by atoms with Crippen LogP contribution in [0.3, 0.4) is 0 Å². The van der Waals surface area contributed by atoms with Crippen molar-refractivity contribution in [2.75, 3.05) is 11.9 Å². The van der Waals surface area contributed by atoms with Crippen LogP contribution in [0, 0.1) is 6.92 Å². The molecule has 0 spiro atoms. The normalized spacial score (nSPS) is 11.3. The fourth-order valence-electron chi connectivity index (χ4n) is 1.60. The van der Waals surface area contributed by atoms with E-state index in [1.165, 1.54) is 6.07 Å². The van der Waals surface area contributed by atoms with Crippen molar-refractivity contribution in [3.63, 3.8) is 0 Å². The quantitative estimate of drug-likeness (QED) is 0.925. The van der Waals surface area contributed by atoms with E-state index in [-0.39, 0.29) is 11.7 Å². The van der Waals surface area contributed by atoms with Gasteiger partial charge in [-0.05, 0) is 26.0 Å². The molecule has 0 aliphatic heterocycles. The number of aromatic nitrogens is 2. The summed E-state index contributed by atoms with van der Waals surface area (Å²) in [6.07, 6.45) is -4.63. The first-order valence-corrected chi connectivity index (χ1v) is 6.33. The number of rotatable bonds is 4. The van der Waals surface area contributed by atoms with Crippen molar-refractivity contribution in [3.05, 3.63) is 41.7 Å². The van der Waals surface area contributed by atoms with E-state index in [0.717, 1.165) is 5.56 Å². The molecule has 7 heteroatoms. The highest BCUT2D eigenvalue weighted by Crippen LogP contribution is 2.30. The van der Waals surface area contributed by atoms with Crippen LogP contribution in [0.4, 0.5) is 19.0 Å². The van der Waals surface area contributed by atoms with Gasteiger partial charge in [-0.25, -0.2) is 4.98 Å². The predicted molar refractivity (Wildman–Crippen MR) is 72.5 cm³/mol. The van der Waals surface area contributed by atoms with Gasteiger partial charge in [0.1, 0.15) is 11.6 Å². The number of nitrogens with zero attached hydrogens (tertiary/aromatic N) is 2. The van der Waals surface area contributed by atoms with Gasteiger partial charge in [-0.2, -0.15) is 18.2 Å². The molecule has 0 bridgehead atoms. The lowest BCUT2D eigenvalue weighted by atomic mass is 10.2. The molecule has 2 aromatic rings. The van der Waals surface area contributed by atoms with Crippen LogP contribution in [0.1, 0.15) is 18.3 Å². The Labute approximate surface area is 120 Å². The molecule has 0 fully saturated rings. The maximum absolute atomic E-state index is 12.8. The molecule has 1 aromatic carbocycles. The highest BCUT2D eigenvalue weighted by atomic mass is 19.4. The van der Waals surface area contributed by atoms with E-state index in [9.17, 15) is 13.2 Å². The first-order valence-electron chi connectivity index (χ1n) is 6.33. The molecule has 0 aliphatic carbocycles. The molecular formula is C14H14F3N3O. The van der Waals surface area contributed by atoms with Crippen molar-refractivity contribution in [2.24, 2.45) is 0 Å². The van der Waals surface area contributed by atoms with Crippen molar-refractivity contribution in [1.29, 1.82) is 0 Å². The SMILES string of the molecule is CCNc1cc(Oc2ccc(C)cc2)nc(C(F)(F)F)n1. The third-order valence-electron chi connectivity index (χ3n) is 2.56. The molecule has 21 heavy (non-hydrogen) atoms. The summed E-state index contributed by atoms with van der Waals surface area (Å²) in [6, 6.07) is 8.26. The molecule has 0 atom stereocenters. The first kappa shape index (κ1) is 15.1. The lowest BCUT2D eigenvalue weighted by molar-refractivity contribution is -0.145. The van der Waals surface area contributed by atoms with Crippen molar-refractivity contribution in [1.82, 2.24) is 9.97 Å². The van der Waals surface area contributed by atoms with Gasteiger partial charge in [0.15, 0.2) is 0 Å². The number of hydrogen-bond acceptors (Lipinski definition) is 4. The topological polar surface area (TPSA) is 47.0 Å². The Morgan fingerprint density at radius 3 is 2.38 bits per heavy atom. The lowest BCUT2D eigenvalue weighted by Crippen LogP contribution is -2.13. The van der Waals surface area contributed by atoms with Crippen molar-refractivity contribution in [3.8, 4) is 11.6 Å². The second-order valence-electron chi connectivity index (χ2n) is 4.36. The number of alkyl halides is 3. The lowest BCUT2D eigenvalue weighted by Gasteiger charge is -2.11. The Hall–Kier alpha value is -2.31. The molecule has 0 unspecified atom stereocenters. The Morgan fingerprint density at radius 1 is 1.14 bits per heavy atom.